The molecule has 3 heterocycles. The number of hydrogen-bond acceptors (Lipinski definition) is 6. The van der Waals surface area contributed by atoms with Gasteiger partial charge in [0.25, 0.3) is 11.6 Å². The Morgan fingerprint density at radius 3 is 2.59 bits per heavy atom. The van der Waals surface area contributed by atoms with Crippen LogP contribution in [0.25, 0.3) is 11.1 Å². The van der Waals surface area contributed by atoms with Crippen molar-refractivity contribution in [2.24, 2.45) is 0 Å². The number of fused-ring (bicyclic) bond motifs is 1. The Kier molecular flexibility index (Phi) is 4.49. The third kappa shape index (κ3) is 3.35. The van der Waals surface area contributed by atoms with Crippen molar-refractivity contribution in [2.75, 3.05) is 11.5 Å². The van der Waals surface area contributed by atoms with Crippen LogP contribution in [-0.2, 0) is 16.3 Å². The van der Waals surface area contributed by atoms with Crippen molar-refractivity contribution in [3.63, 3.8) is 0 Å². The first kappa shape index (κ1) is 18.4. The Balaban J connectivity index is 1.81. The largest absolute Gasteiger partial charge is 0.335 e. The molecule has 1 atom stereocenters. The van der Waals surface area contributed by atoms with Crippen LogP contribution in [0.4, 0.5) is 0 Å². The predicted molar refractivity (Wildman–Crippen MR) is 102 cm³/mol. The maximum absolute atomic E-state index is 13.6. The number of nitrogens with zero attached hydrogens (tertiary/aromatic N) is 3. The fourth-order valence-electron chi connectivity index (χ4n) is 3.88. The lowest BCUT2D eigenvalue weighted by Crippen LogP contribution is -2.43. The van der Waals surface area contributed by atoms with Crippen LogP contribution < -0.4 is 0 Å². The highest BCUT2D eigenvalue weighted by molar-refractivity contribution is 7.91. The molecule has 0 spiro atoms. The van der Waals surface area contributed by atoms with Crippen molar-refractivity contribution >= 4 is 26.8 Å². The second-order valence-electron chi connectivity index (χ2n) is 7.92. The summed E-state index contributed by atoms with van der Waals surface area (Å²) in [4.78, 5) is 19.9. The van der Waals surface area contributed by atoms with Gasteiger partial charge in [0.2, 0.25) is 0 Å². The van der Waals surface area contributed by atoms with Gasteiger partial charge < -0.3 is 9.42 Å². The van der Waals surface area contributed by atoms with Gasteiger partial charge in [-0.25, -0.2) is 13.4 Å². The van der Waals surface area contributed by atoms with Gasteiger partial charge in [-0.15, -0.1) is 0 Å². The highest BCUT2D eigenvalue weighted by Crippen LogP contribution is 2.36. The van der Waals surface area contributed by atoms with E-state index in [1.54, 1.807) is 0 Å². The first-order chi connectivity index (χ1) is 12.8. The van der Waals surface area contributed by atoms with Crippen LogP contribution in [0.3, 0.4) is 0 Å². The molecule has 2 fully saturated rings. The standard InChI is InChI=1S/C19H25N3O4S/c1-4-12-9-15(16-17(11(2)3)21-26-18(16)20-12)19(23)22(13-5-6-13)14-7-8-27(24,25)10-14/h9,11,13-14H,4-8,10H2,1-3H3. The van der Waals surface area contributed by atoms with Crippen LogP contribution >= 0.6 is 0 Å². The molecule has 4 rings (SSSR count). The Bertz CT molecular complexity index is 992. The molecule has 0 aromatic carbocycles. The molecule has 1 amide bonds. The molecule has 1 aliphatic heterocycles. The molecule has 1 unspecified atom stereocenters. The number of carbonyl (C=O) groups is 1. The number of pyridine rings is 1. The molecule has 8 heteroatoms. The lowest BCUT2D eigenvalue weighted by Gasteiger charge is -2.28. The third-order valence-corrected chi connectivity index (χ3v) is 7.19. The number of rotatable bonds is 5. The molecule has 1 saturated heterocycles. The maximum atomic E-state index is 13.6. The molecule has 0 bridgehead atoms. The predicted octanol–water partition coefficient (Wildman–Crippen LogP) is 2.70. The fraction of sp³-hybridized carbons (Fsp3) is 0.632. The summed E-state index contributed by atoms with van der Waals surface area (Å²) in [5, 5.41) is 4.82. The van der Waals surface area contributed by atoms with Gasteiger partial charge in [0, 0.05) is 17.8 Å². The number of carbonyl (C=O) groups excluding carboxylic acids is 1. The van der Waals surface area contributed by atoms with E-state index in [4.69, 9.17) is 4.52 Å². The van der Waals surface area contributed by atoms with E-state index in [1.165, 1.54) is 0 Å². The van der Waals surface area contributed by atoms with Crippen molar-refractivity contribution < 1.29 is 17.7 Å². The molecule has 7 nitrogen and oxygen atoms in total. The number of amides is 1. The summed E-state index contributed by atoms with van der Waals surface area (Å²) in [5.74, 6) is 0.190. The molecule has 1 saturated carbocycles. The second-order valence-corrected chi connectivity index (χ2v) is 10.1. The number of aryl methyl sites for hydroxylation is 1. The van der Waals surface area contributed by atoms with Crippen LogP contribution in [0.1, 0.15) is 67.7 Å². The Hall–Kier alpha value is -1.96. The molecular weight excluding hydrogens is 366 g/mol. The van der Waals surface area contributed by atoms with Gasteiger partial charge in [0.1, 0.15) is 0 Å². The molecule has 2 aromatic rings. The second kappa shape index (κ2) is 6.58. The van der Waals surface area contributed by atoms with Gasteiger partial charge in [-0.05, 0) is 37.7 Å². The van der Waals surface area contributed by atoms with E-state index in [0.717, 1.165) is 24.2 Å². The first-order valence-electron chi connectivity index (χ1n) is 9.63. The van der Waals surface area contributed by atoms with Gasteiger partial charge in [0.15, 0.2) is 9.84 Å². The summed E-state index contributed by atoms with van der Waals surface area (Å²) < 4.78 is 29.4. The third-order valence-electron chi connectivity index (χ3n) is 5.44. The summed E-state index contributed by atoms with van der Waals surface area (Å²) in [6.45, 7) is 5.98. The zero-order valence-corrected chi connectivity index (χ0v) is 16.8. The van der Waals surface area contributed by atoms with E-state index >= 15 is 0 Å². The van der Waals surface area contributed by atoms with Gasteiger partial charge in [-0.3, -0.25) is 4.79 Å². The highest BCUT2D eigenvalue weighted by atomic mass is 32.2. The van der Waals surface area contributed by atoms with E-state index in [2.05, 4.69) is 10.1 Å². The van der Waals surface area contributed by atoms with E-state index in [0.29, 0.717) is 29.5 Å². The lowest BCUT2D eigenvalue weighted by molar-refractivity contribution is 0.0682. The van der Waals surface area contributed by atoms with Gasteiger partial charge in [-0.2, -0.15) is 0 Å². The van der Waals surface area contributed by atoms with Gasteiger partial charge in [0.05, 0.1) is 28.1 Å². The smallest absolute Gasteiger partial charge is 0.259 e. The summed E-state index contributed by atoms with van der Waals surface area (Å²) in [6, 6.07) is 1.71. The molecule has 146 valence electrons. The van der Waals surface area contributed by atoms with Gasteiger partial charge >= 0.3 is 0 Å². The van der Waals surface area contributed by atoms with Crippen LogP contribution in [-0.4, -0.2) is 53.0 Å². The topological polar surface area (TPSA) is 93.4 Å². The molecular formula is C19H25N3O4S. The monoisotopic (exact) mass is 391 g/mol. The van der Waals surface area contributed by atoms with E-state index in [9.17, 15) is 13.2 Å². The zero-order valence-electron chi connectivity index (χ0n) is 15.9. The molecule has 27 heavy (non-hydrogen) atoms. The van der Waals surface area contributed by atoms with Crippen molar-refractivity contribution in [1.82, 2.24) is 15.0 Å². The molecule has 2 aromatic heterocycles. The summed E-state index contributed by atoms with van der Waals surface area (Å²) >= 11 is 0. The lowest BCUT2D eigenvalue weighted by atomic mass is 10.0. The van der Waals surface area contributed by atoms with Crippen LogP contribution in [0, 0.1) is 0 Å². The molecule has 2 aliphatic rings. The average molecular weight is 391 g/mol. The minimum absolute atomic E-state index is 0.0603. The number of hydrogen-bond donors (Lipinski definition) is 0. The Morgan fingerprint density at radius 1 is 1.30 bits per heavy atom. The van der Waals surface area contributed by atoms with E-state index in [-0.39, 0.29) is 35.4 Å². The van der Waals surface area contributed by atoms with Crippen LogP contribution in [0.15, 0.2) is 10.6 Å². The van der Waals surface area contributed by atoms with Crippen molar-refractivity contribution in [1.29, 1.82) is 0 Å². The quantitative estimate of drug-likeness (QED) is 0.778. The van der Waals surface area contributed by atoms with Crippen LogP contribution in [0.5, 0.6) is 0 Å². The molecule has 0 radical (unpaired) electrons. The molecule has 1 aliphatic carbocycles. The van der Waals surface area contributed by atoms with Crippen molar-refractivity contribution in [3.8, 4) is 0 Å². The van der Waals surface area contributed by atoms with Crippen LogP contribution in [0.2, 0.25) is 0 Å². The Labute approximate surface area is 159 Å². The number of aromatic nitrogens is 2. The zero-order chi connectivity index (χ0) is 19.3. The molecule has 0 N–H and O–H groups in total. The summed E-state index contributed by atoms with van der Waals surface area (Å²) in [6.07, 6.45) is 3.05. The maximum Gasteiger partial charge on any atom is 0.259 e. The first-order valence-corrected chi connectivity index (χ1v) is 11.4. The average Bonchev–Trinajstić information content (AvgIpc) is 3.24. The summed E-state index contributed by atoms with van der Waals surface area (Å²) in [7, 11) is -3.07. The van der Waals surface area contributed by atoms with Crippen molar-refractivity contribution in [2.45, 2.75) is 64.5 Å². The fourth-order valence-corrected chi connectivity index (χ4v) is 5.60. The highest BCUT2D eigenvalue weighted by Gasteiger charge is 2.43. The van der Waals surface area contributed by atoms with Gasteiger partial charge in [-0.1, -0.05) is 25.9 Å². The SMILES string of the molecule is CCc1cc(C(=O)N(C2CC2)C2CCS(=O)(=O)C2)c2c(C(C)C)noc2n1. The number of sulfone groups is 1. The van der Waals surface area contributed by atoms with E-state index in [1.807, 2.05) is 31.7 Å². The normalized spacial score (nSPS) is 21.9. The van der Waals surface area contributed by atoms with E-state index < -0.39 is 9.84 Å². The minimum atomic E-state index is -3.07. The van der Waals surface area contributed by atoms with Crippen molar-refractivity contribution in [3.05, 3.63) is 23.0 Å². The summed E-state index contributed by atoms with van der Waals surface area (Å²) in [5.41, 5.74) is 2.42. The minimum Gasteiger partial charge on any atom is -0.335 e. The Morgan fingerprint density at radius 2 is 2.04 bits per heavy atom.